The zero-order valence-electron chi connectivity index (χ0n) is 12.5. The van der Waals surface area contributed by atoms with Gasteiger partial charge in [0.25, 0.3) is 5.91 Å². The van der Waals surface area contributed by atoms with E-state index in [9.17, 15) is 4.79 Å². The minimum absolute atomic E-state index is 0.142. The standard InChI is InChI=1S/C17H17N3O2/c1-11-15(12(2)20-19-11)10-18-17(21)14-7-8-22-16-6-4-3-5-13(16)9-14/h3-9H,10H2,1-2H3,(H,18,21)(H,19,20). The SMILES string of the molecule is Cc1n[nH]c(C)c1CNC(=O)C1=Cc2ccccc2OC=C1. The lowest BCUT2D eigenvalue weighted by Crippen LogP contribution is -2.24. The molecular weight excluding hydrogens is 278 g/mol. The summed E-state index contributed by atoms with van der Waals surface area (Å²) in [6, 6.07) is 7.60. The molecule has 0 unspecified atom stereocenters. The van der Waals surface area contributed by atoms with E-state index in [1.54, 1.807) is 6.08 Å². The van der Waals surface area contributed by atoms with Crippen molar-refractivity contribution in [1.82, 2.24) is 15.5 Å². The van der Waals surface area contributed by atoms with Crippen LogP contribution < -0.4 is 10.1 Å². The van der Waals surface area contributed by atoms with E-state index in [2.05, 4.69) is 15.5 Å². The van der Waals surface area contributed by atoms with Gasteiger partial charge in [0, 0.05) is 28.9 Å². The first-order valence-electron chi connectivity index (χ1n) is 7.07. The van der Waals surface area contributed by atoms with Crippen LogP contribution in [0.4, 0.5) is 0 Å². The maximum Gasteiger partial charge on any atom is 0.251 e. The van der Waals surface area contributed by atoms with Gasteiger partial charge in [-0.2, -0.15) is 5.10 Å². The second-order valence-electron chi connectivity index (χ2n) is 5.15. The number of ether oxygens (including phenoxy) is 1. The molecule has 0 fully saturated rings. The highest BCUT2D eigenvalue weighted by Gasteiger charge is 2.13. The molecule has 3 rings (SSSR count). The van der Waals surface area contributed by atoms with Crippen LogP contribution in [0.15, 0.2) is 42.2 Å². The Hall–Kier alpha value is -2.82. The Morgan fingerprint density at radius 2 is 2.14 bits per heavy atom. The Kier molecular flexibility index (Phi) is 3.78. The van der Waals surface area contributed by atoms with Crippen LogP contribution >= 0.6 is 0 Å². The van der Waals surface area contributed by atoms with Gasteiger partial charge in [-0.25, -0.2) is 0 Å². The topological polar surface area (TPSA) is 67.0 Å². The second kappa shape index (κ2) is 5.89. The predicted molar refractivity (Wildman–Crippen MR) is 84.1 cm³/mol. The lowest BCUT2D eigenvalue weighted by Gasteiger charge is -2.06. The Morgan fingerprint density at radius 1 is 1.32 bits per heavy atom. The third-order valence-electron chi connectivity index (χ3n) is 3.64. The number of aromatic amines is 1. The summed E-state index contributed by atoms with van der Waals surface area (Å²) in [7, 11) is 0. The Bertz CT molecular complexity index is 752. The molecule has 0 saturated carbocycles. The predicted octanol–water partition coefficient (Wildman–Crippen LogP) is 2.63. The van der Waals surface area contributed by atoms with Gasteiger partial charge in [0.1, 0.15) is 5.75 Å². The fourth-order valence-electron chi connectivity index (χ4n) is 2.35. The number of para-hydroxylation sites is 1. The number of carbonyl (C=O) groups excluding carboxylic acids is 1. The van der Waals surface area contributed by atoms with Gasteiger partial charge in [0.05, 0.1) is 12.0 Å². The molecule has 0 bridgehead atoms. The van der Waals surface area contributed by atoms with Crippen LogP contribution in [0, 0.1) is 13.8 Å². The van der Waals surface area contributed by atoms with E-state index in [0.717, 1.165) is 28.3 Å². The van der Waals surface area contributed by atoms with Gasteiger partial charge >= 0.3 is 0 Å². The summed E-state index contributed by atoms with van der Waals surface area (Å²) in [5, 5.41) is 9.96. The second-order valence-corrected chi connectivity index (χ2v) is 5.15. The van der Waals surface area contributed by atoms with Crippen molar-refractivity contribution in [3.8, 4) is 5.75 Å². The van der Waals surface area contributed by atoms with Crippen molar-refractivity contribution in [2.24, 2.45) is 0 Å². The van der Waals surface area contributed by atoms with E-state index in [-0.39, 0.29) is 5.91 Å². The summed E-state index contributed by atoms with van der Waals surface area (Å²) >= 11 is 0. The lowest BCUT2D eigenvalue weighted by molar-refractivity contribution is -0.117. The molecule has 0 aliphatic carbocycles. The maximum atomic E-state index is 12.4. The molecule has 1 aromatic carbocycles. The van der Waals surface area contributed by atoms with Gasteiger partial charge in [-0.05, 0) is 32.1 Å². The quantitative estimate of drug-likeness (QED) is 0.914. The molecule has 112 valence electrons. The van der Waals surface area contributed by atoms with Gasteiger partial charge in [-0.3, -0.25) is 9.89 Å². The van der Waals surface area contributed by atoms with Crippen LogP contribution in [0.1, 0.15) is 22.5 Å². The molecule has 0 saturated heterocycles. The van der Waals surface area contributed by atoms with Crippen LogP contribution in [-0.4, -0.2) is 16.1 Å². The number of hydrogen-bond donors (Lipinski definition) is 2. The summed E-state index contributed by atoms with van der Waals surface area (Å²) < 4.78 is 5.49. The highest BCUT2D eigenvalue weighted by molar-refractivity contribution is 6.01. The van der Waals surface area contributed by atoms with Crippen molar-refractivity contribution in [2.75, 3.05) is 0 Å². The highest BCUT2D eigenvalue weighted by Crippen LogP contribution is 2.24. The van der Waals surface area contributed by atoms with Crippen LogP contribution in [0.25, 0.3) is 6.08 Å². The summed E-state index contributed by atoms with van der Waals surface area (Å²) in [5.41, 5.74) is 4.33. The molecule has 22 heavy (non-hydrogen) atoms. The first-order chi connectivity index (χ1) is 10.6. The molecule has 0 radical (unpaired) electrons. The average Bonchev–Trinajstić information content (AvgIpc) is 2.74. The molecular formula is C17H17N3O2. The fourth-order valence-corrected chi connectivity index (χ4v) is 2.35. The summed E-state index contributed by atoms with van der Waals surface area (Å²) in [6.07, 6.45) is 5.03. The van der Waals surface area contributed by atoms with E-state index >= 15 is 0 Å². The number of aryl methyl sites for hydroxylation is 2. The first-order valence-corrected chi connectivity index (χ1v) is 7.07. The lowest BCUT2D eigenvalue weighted by atomic mass is 10.1. The van der Waals surface area contributed by atoms with Gasteiger partial charge in [0.15, 0.2) is 0 Å². The number of hydrogen-bond acceptors (Lipinski definition) is 3. The van der Waals surface area contributed by atoms with Crippen LogP contribution in [0.2, 0.25) is 0 Å². The van der Waals surface area contributed by atoms with E-state index < -0.39 is 0 Å². The van der Waals surface area contributed by atoms with Crippen LogP contribution in [0.3, 0.4) is 0 Å². The Morgan fingerprint density at radius 3 is 2.91 bits per heavy atom. The van der Waals surface area contributed by atoms with Gasteiger partial charge in [0.2, 0.25) is 0 Å². The number of fused-ring (bicyclic) bond motifs is 1. The number of nitrogens with zero attached hydrogens (tertiary/aromatic N) is 1. The highest BCUT2D eigenvalue weighted by atomic mass is 16.5. The molecule has 1 aliphatic rings. The largest absolute Gasteiger partial charge is 0.464 e. The van der Waals surface area contributed by atoms with E-state index in [1.165, 1.54) is 6.26 Å². The van der Waals surface area contributed by atoms with Crippen molar-refractivity contribution in [3.63, 3.8) is 0 Å². The molecule has 2 aromatic rings. The fraction of sp³-hybridized carbons (Fsp3) is 0.176. The molecule has 1 aromatic heterocycles. The number of carbonyl (C=O) groups is 1. The minimum Gasteiger partial charge on any atom is -0.464 e. The molecule has 0 atom stereocenters. The molecule has 5 heteroatoms. The van der Waals surface area contributed by atoms with Crippen molar-refractivity contribution in [1.29, 1.82) is 0 Å². The average molecular weight is 295 g/mol. The first kappa shape index (κ1) is 14.1. The Balaban J connectivity index is 1.77. The number of aromatic nitrogens is 2. The molecule has 2 heterocycles. The number of rotatable bonds is 3. The molecule has 2 N–H and O–H groups in total. The summed E-state index contributed by atoms with van der Waals surface area (Å²) in [6.45, 7) is 4.30. The number of nitrogens with one attached hydrogen (secondary N) is 2. The molecule has 1 amide bonds. The van der Waals surface area contributed by atoms with Crippen LogP contribution in [0.5, 0.6) is 5.75 Å². The number of amides is 1. The zero-order chi connectivity index (χ0) is 15.5. The third kappa shape index (κ3) is 2.79. The monoisotopic (exact) mass is 295 g/mol. The third-order valence-corrected chi connectivity index (χ3v) is 3.64. The molecule has 1 aliphatic heterocycles. The normalized spacial score (nSPS) is 12.9. The zero-order valence-corrected chi connectivity index (χ0v) is 12.5. The van der Waals surface area contributed by atoms with Gasteiger partial charge in [-0.15, -0.1) is 0 Å². The van der Waals surface area contributed by atoms with Crippen molar-refractivity contribution in [3.05, 3.63) is 64.7 Å². The number of benzene rings is 1. The Labute approximate surface area is 128 Å². The van der Waals surface area contributed by atoms with E-state index in [1.807, 2.05) is 44.2 Å². The van der Waals surface area contributed by atoms with Crippen molar-refractivity contribution >= 4 is 12.0 Å². The van der Waals surface area contributed by atoms with Crippen molar-refractivity contribution < 1.29 is 9.53 Å². The maximum absolute atomic E-state index is 12.4. The smallest absolute Gasteiger partial charge is 0.251 e. The molecule has 5 nitrogen and oxygen atoms in total. The minimum atomic E-state index is -0.142. The van der Waals surface area contributed by atoms with Gasteiger partial charge < -0.3 is 10.1 Å². The van der Waals surface area contributed by atoms with Crippen LogP contribution in [-0.2, 0) is 11.3 Å². The number of H-pyrrole nitrogens is 1. The van der Waals surface area contributed by atoms with Crippen molar-refractivity contribution in [2.45, 2.75) is 20.4 Å². The van der Waals surface area contributed by atoms with Gasteiger partial charge in [-0.1, -0.05) is 18.2 Å². The van der Waals surface area contributed by atoms with E-state index in [0.29, 0.717) is 12.1 Å². The molecule has 0 spiro atoms. The summed E-state index contributed by atoms with van der Waals surface area (Å²) in [5.74, 6) is 0.597. The van der Waals surface area contributed by atoms with E-state index in [4.69, 9.17) is 4.74 Å². The summed E-state index contributed by atoms with van der Waals surface area (Å²) in [4.78, 5) is 12.4.